The number of halogens is 2. The summed E-state index contributed by atoms with van der Waals surface area (Å²) in [4.78, 5) is 24.9. The van der Waals surface area contributed by atoms with Gasteiger partial charge in [0.1, 0.15) is 0 Å². The third-order valence-electron chi connectivity index (χ3n) is 3.68. The highest BCUT2D eigenvalue weighted by atomic mass is 19.3. The number of likely N-dealkylation sites (tertiary alicyclic amines) is 1. The zero-order chi connectivity index (χ0) is 17.0. The van der Waals surface area contributed by atoms with E-state index < -0.39 is 24.5 Å². The van der Waals surface area contributed by atoms with Crippen molar-refractivity contribution in [1.82, 2.24) is 4.90 Å². The quantitative estimate of drug-likeness (QED) is 0.867. The average molecular weight is 329 g/mol. The highest BCUT2D eigenvalue weighted by Gasteiger charge is 2.33. The van der Waals surface area contributed by atoms with Crippen molar-refractivity contribution in [3.05, 3.63) is 23.8 Å². The lowest BCUT2D eigenvalue weighted by Gasteiger charge is -2.25. The minimum Gasteiger partial charge on any atom is -0.493 e. The van der Waals surface area contributed by atoms with E-state index in [0.717, 1.165) is 0 Å². The minimum atomic E-state index is -3.11. The molecule has 1 amide bonds. The molecular weight excluding hydrogens is 312 g/mol. The predicted molar refractivity (Wildman–Crippen MR) is 75.9 cm³/mol. The molecule has 1 aliphatic rings. The topological polar surface area (TPSA) is 76.1 Å². The number of rotatable bonds is 6. The monoisotopic (exact) mass is 329 g/mol. The van der Waals surface area contributed by atoms with Gasteiger partial charge in [-0.2, -0.15) is 8.78 Å². The number of hydrogen-bond donors (Lipinski definition) is 1. The number of alkyl halides is 2. The number of ether oxygens (including phenoxy) is 2. The Balaban J connectivity index is 2.32. The molecule has 1 atom stereocenters. The van der Waals surface area contributed by atoms with Gasteiger partial charge in [-0.25, -0.2) is 0 Å². The number of carboxylic acid groups (broad SMARTS) is 1. The Hall–Kier alpha value is -2.38. The first-order valence-corrected chi connectivity index (χ1v) is 7.08. The summed E-state index contributed by atoms with van der Waals surface area (Å²) < 4.78 is 34.7. The molecule has 0 saturated carbocycles. The standard InChI is InChI=1S/C15H17F2NO5/c1-22-11-6-2-5-10(13(11)23-15(16)17)14(21)18-7-3-4-9(18)8-12(19)20/h2,5-6,9,15H,3-4,7-8H2,1H3,(H,19,20). The summed E-state index contributed by atoms with van der Waals surface area (Å²) in [6.45, 7) is -2.73. The van der Waals surface area contributed by atoms with Crippen LogP contribution in [-0.4, -0.2) is 48.2 Å². The van der Waals surface area contributed by atoms with Crippen LogP contribution in [0.5, 0.6) is 11.5 Å². The number of amides is 1. The Labute approximate surface area is 131 Å². The molecule has 1 unspecified atom stereocenters. The van der Waals surface area contributed by atoms with Gasteiger partial charge in [0.25, 0.3) is 5.91 Å². The number of carbonyl (C=O) groups excluding carboxylic acids is 1. The van der Waals surface area contributed by atoms with Crippen LogP contribution in [0.25, 0.3) is 0 Å². The number of nitrogens with zero attached hydrogens (tertiary/aromatic N) is 1. The molecule has 1 saturated heterocycles. The normalized spacial score (nSPS) is 17.4. The zero-order valence-corrected chi connectivity index (χ0v) is 12.5. The third-order valence-corrected chi connectivity index (χ3v) is 3.68. The number of hydrogen-bond acceptors (Lipinski definition) is 4. The second-order valence-corrected chi connectivity index (χ2v) is 5.11. The Morgan fingerprint density at radius 3 is 2.78 bits per heavy atom. The molecule has 1 aromatic carbocycles. The molecule has 6 nitrogen and oxygen atoms in total. The first-order chi connectivity index (χ1) is 10.9. The summed E-state index contributed by atoms with van der Waals surface area (Å²) in [6, 6.07) is 3.81. The van der Waals surface area contributed by atoms with Crippen LogP contribution in [-0.2, 0) is 4.79 Å². The fourth-order valence-electron chi connectivity index (χ4n) is 2.73. The van der Waals surface area contributed by atoms with Gasteiger partial charge >= 0.3 is 12.6 Å². The Morgan fingerprint density at radius 1 is 1.43 bits per heavy atom. The number of methoxy groups -OCH3 is 1. The van der Waals surface area contributed by atoms with Crippen molar-refractivity contribution in [3.63, 3.8) is 0 Å². The fourth-order valence-corrected chi connectivity index (χ4v) is 2.73. The first-order valence-electron chi connectivity index (χ1n) is 7.08. The van der Waals surface area contributed by atoms with E-state index in [0.29, 0.717) is 19.4 Å². The largest absolute Gasteiger partial charge is 0.493 e. The molecular formula is C15H17F2NO5. The number of carboxylic acids is 1. The van der Waals surface area contributed by atoms with Crippen molar-refractivity contribution < 1.29 is 33.0 Å². The second-order valence-electron chi connectivity index (χ2n) is 5.11. The van der Waals surface area contributed by atoms with E-state index in [1.54, 1.807) is 0 Å². The lowest BCUT2D eigenvalue weighted by molar-refractivity contribution is -0.137. The molecule has 1 heterocycles. The van der Waals surface area contributed by atoms with Crippen LogP contribution in [0.3, 0.4) is 0 Å². The van der Waals surface area contributed by atoms with Crippen molar-refractivity contribution in [2.24, 2.45) is 0 Å². The lowest BCUT2D eigenvalue weighted by Crippen LogP contribution is -2.37. The van der Waals surface area contributed by atoms with Crippen LogP contribution < -0.4 is 9.47 Å². The number of para-hydroxylation sites is 1. The first kappa shape index (κ1) is 17.0. The van der Waals surface area contributed by atoms with E-state index >= 15 is 0 Å². The number of aliphatic carboxylic acids is 1. The minimum absolute atomic E-state index is 0.0186. The van der Waals surface area contributed by atoms with E-state index in [4.69, 9.17) is 9.84 Å². The highest BCUT2D eigenvalue weighted by molar-refractivity contribution is 5.98. The maximum Gasteiger partial charge on any atom is 0.387 e. The van der Waals surface area contributed by atoms with Crippen LogP contribution in [0.15, 0.2) is 18.2 Å². The molecule has 126 valence electrons. The van der Waals surface area contributed by atoms with E-state index in [1.165, 1.54) is 30.2 Å². The summed E-state index contributed by atoms with van der Waals surface area (Å²) >= 11 is 0. The van der Waals surface area contributed by atoms with Gasteiger partial charge in [-0.1, -0.05) is 6.07 Å². The maximum atomic E-state index is 12.7. The smallest absolute Gasteiger partial charge is 0.387 e. The molecule has 1 fully saturated rings. The van der Waals surface area contributed by atoms with Crippen LogP contribution in [0.1, 0.15) is 29.6 Å². The van der Waals surface area contributed by atoms with Gasteiger partial charge in [0.05, 0.1) is 19.1 Å². The van der Waals surface area contributed by atoms with E-state index in [2.05, 4.69) is 4.74 Å². The van der Waals surface area contributed by atoms with Crippen molar-refractivity contribution in [3.8, 4) is 11.5 Å². The molecule has 0 radical (unpaired) electrons. The number of carbonyl (C=O) groups is 2. The highest BCUT2D eigenvalue weighted by Crippen LogP contribution is 2.34. The summed E-state index contributed by atoms with van der Waals surface area (Å²) in [5.41, 5.74) is -0.0676. The predicted octanol–water partition coefficient (Wildman–Crippen LogP) is 2.38. The van der Waals surface area contributed by atoms with Gasteiger partial charge in [0.2, 0.25) is 0 Å². The molecule has 0 spiro atoms. The SMILES string of the molecule is COc1cccc(C(=O)N2CCCC2CC(=O)O)c1OC(F)F. The Morgan fingerprint density at radius 2 is 2.17 bits per heavy atom. The summed E-state index contributed by atoms with van der Waals surface area (Å²) in [5, 5.41) is 8.92. The summed E-state index contributed by atoms with van der Waals surface area (Å²) in [7, 11) is 1.28. The second kappa shape index (κ2) is 7.26. The zero-order valence-electron chi connectivity index (χ0n) is 12.5. The van der Waals surface area contributed by atoms with Gasteiger partial charge in [-0.15, -0.1) is 0 Å². The molecule has 1 aromatic rings. The van der Waals surface area contributed by atoms with Gasteiger partial charge in [-0.3, -0.25) is 9.59 Å². The lowest BCUT2D eigenvalue weighted by atomic mass is 10.1. The number of benzene rings is 1. The van der Waals surface area contributed by atoms with Gasteiger partial charge < -0.3 is 19.5 Å². The van der Waals surface area contributed by atoms with Crippen molar-refractivity contribution in [2.45, 2.75) is 31.9 Å². The molecule has 8 heteroatoms. The van der Waals surface area contributed by atoms with Crippen LogP contribution in [0.4, 0.5) is 8.78 Å². The molecule has 0 aliphatic carbocycles. The molecule has 1 aliphatic heterocycles. The van der Waals surface area contributed by atoms with Gasteiger partial charge in [0.15, 0.2) is 11.5 Å². The van der Waals surface area contributed by atoms with Crippen molar-refractivity contribution >= 4 is 11.9 Å². The van der Waals surface area contributed by atoms with E-state index in [-0.39, 0.29) is 23.5 Å². The summed E-state index contributed by atoms with van der Waals surface area (Å²) in [5.74, 6) is -1.87. The van der Waals surface area contributed by atoms with Gasteiger partial charge in [0, 0.05) is 12.6 Å². The summed E-state index contributed by atoms with van der Waals surface area (Å²) in [6.07, 6.45) is 1.05. The molecule has 1 N–H and O–H groups in total. The van der Waals surface area contributed by atoms with Crippen LogP contribution in [0, 0.1) is 0 Å². The Kier molecular flexibility index (Phi) is 5.36. The van der Waals surface area contributed by atoms with Crippen molar-refractivity contribution in [1.29, 1.82) is 0 Å². The molecule has 0 aromatic heterocycles. The maximum absolute atomic E-state index is 12.7. The third kappa shape index (κ3) is 3.88. The fraction of sp³-hybridized carbons (Fsp3) is 0.467. The van der Waals surface area contributed by atoms with Gasteiger partial charge in [-0.05, 0) is 25.0 Å². The van der Waals surface area contributed by atoms with Crippen LogP contribution in [0.2, 0.25) is 0 Å². The molecule has 0 bridgehead atoms. The van der Waals surface area contributed by atoms with Crippen molar-refractivity contribution in [2.75, 3.05) is 13.7 Å². The Bertz CT molecular complexity index is 593. The van der Waals surface area contributed by atoms with E-state index in [1.807, 2.05) is 0 Å². The van der Waals surface area contributed by atoms with Crippen LogP contribution >= 0.6 is 0 Å². The average Bonchev–Trinajstić information content (AvgIpc) is 2.93. The molecule has 2 rings (SSSR count). The molecule has 23 heavy (non-hydrogen) atoms. The van der Waals surface area contributed by atoms with E-state index in [9.17, 15) is 18.4 Å².